The zero-order chi connectivity index (χ0) is 20.0. The molecular formula is C20H28N4O3S. The zero-order valence-electron chi connectivity index (χ0n) is 16.1. The standard InChI is InChI=1S/C20H28N4O3S/c21-16-17-6-8-19(9-7-17)28(26,27)24-14-12-23(13-15-24)11-10-20(25)22-18-4-2-1-3-5-18/h6-9,18H,1-5,10-15H2,(H,22,25). The third kappa shape index (κ3) is 5.31. The van der Waals surface area contributed by atoms with Crippen LogP contribution in [-0.2, 0) is 14.8 Å². The molecule has 28 heavy (non-hydrogen) atoms. The van der Waals surface area contributed by atoms with E-state index in [1.54, 1.807) is 0 Å². The highest BCUT2D eigenvalue weighted by atomic mass is 32.2. The molecule has 0 bridgehead atoms. The van der Waals surface area contributed by atoms with E-state index < -0.39 is 10.0 Å². The molecule has 1 N–H and O–H groups in total. The maximum atomic E-state index is 12.7. The number of carbonyl (C=O) groups excluding carboxylic acids is 1. The molecule has 1 saturated carbocycles. The van der Waals surface area contributed by atoms with Crippen LogP contribution in [0, 0.1) is 11.3 Å². The fourth-order valence-corrected chi connectivity index (χ4v) is 5.27. The van der Waals surface area contributed by atoms with Crippen molar-refractivity contribution in [1.29, 1.82) is 5.26 Å². The molecule has 0 atom stereocenters. The topological polar surface area (TPSA) is 93.5 Å². The first-order chi connectivity index (χ1) is 13.5. The highest BCUT2D eigenvalue weighted by Gasteiger charge is 2.28. The molecule has 1 aliphatic heterocycles. The average Bonchev–Trinajstić information content (AvgIpc) is 2.73. The normalized spacial score (nSPS) is 19.8. The van der Waals surface area contributed by atoms with Crippen molar-refractivity contribution in [1.82, 2.24) is 14.5 Å². The third-order valence-corrected chi connectivity index (χ3v) is 7.49. The highest BCUT2D eigenvalue weighted by Crippen LogP contribution is 2.19. The monoisotopic (exact) mass is 404 g/mol. The van der Waals surface area contributed by atoms with Gasteiger partial charge < -0.3 is 10.2 Å². The Kier molecular flexibility index (Phi) is 7.05. The van der Waals surface area contributed by atoms with E-state index in [1.165, 1.54) is 47.8 Å². The summed E-state index contributed by atoms with van der Waals surface area (Å²) in [5, 5.41) is 12.0. The Morgan fingerprint density at radius 1 is 1.07 bits per heavy atom. The Bertz CT molecular complexity index is 803. The Balaban J connectivity index is 1.44. The lowest BCUT2D eigenvalue weighted by molar-refractivity contribution is -0.122. The highest BCUT2D eigenvalue weighted by molar-refractivity contribution is 7.89. The molecule has 1 heterocycles. The average molecular weight is 405 g/mol. The number of sulfonamides is 1. The lowest BCUT2D eigenvalue weighted by Gasteiger charge is -2.34. The van der Waals surface area contributed by atoms with Gasteiger partial charge in [-0.15, -0.1) is 0 Å². The number of benzene rings is 1. The number of carbonyl (C=O) groups is 1. The van der Waals surface area contributed by atoms with Crippen molar-refractivity contribution in [3.8, 4) is 6.07 Å². The van der Waals surface area contributed by atoms with Crippen LogP contribution in [0.25, 0.3) is 0 Å². The maximum Gasteiger partial charge on any atom is 0.243 e. The summed E-state index contributed by atoms with van der Waals surface area (Å²) >= 11 is 0. The fourth-order valence-electron chi connectivity index (χ4n) is 3.85. The van der Waals surface area contributed by atoms with E-state index in [-0.39, 0.29) is 10.8 Å². The van der Waals surface area contributed by atoms with Crippen LogP contribution in [0.15, 0.2) is 29.2 Å². The Morgan fingerprint density at radius 3 is 2.32 bits per heavy atom. The maximum absolute atomic E-state index is 12.7. The lowest BCUT2D eigenvalue weighted by Crippen LogP contribution is -2.49. The van der Waals surface area contributed by atoms with E-state index in [0.29, 0.717) is 50.7 Å². The molecule has 8 heteroatoms. The van der Waals surface area contributed by atoms with Crippen LogP contribution in [-0.4, -0.2) is 62.3 Å². The molecule has 1 aliphatic carbocycles. The first kappa shape index (κ1) is 20.8. The third-order valence-electron chi connectivity index (χ3n) is 5.58. The predicted octanol–water partition coefficient (Wildman–Crippen LogP) is 1.70. The second-order valence-corrected chi connectivity index (χ2v) is 9.47. The van der Waals surface area contributed by atoms with Gasteiger partial charge in [0.2, 0.25) is 15.9 Å². The van der Waals surface area contributed by atoms with Gasteiger partial charge in [-0.3, -0.25) is 4.79 Å². The van der Waals surface area contributed by atoms with Gasteiger partial charge in [-0.05, 0) is 37.1 Å². The largest absolute Gasteiger partial charge is 0.353 e. The van der Waals surface area contributed by atoms with Crippen LogP contribution >= 0.6 is 0 Å². The van der Waals surface area contributed by atoms with Gasteiger partial charge in [0.15, 0.2) is 0 Å². The number of hydrogen-bond acceptors (Lipinski definition) is 5. The lowest BCUT2D eigenvalue weighted by atomic mass is 9.95. The molecule has 1 aromatic carbocycles. The van der Waals surface area contributed by atoms with E-state index in [0.717, 1.165) is 12.8 Å². The van der Waals surface area contributed by atoms with Gasteiger partial charge in [0.25, 0.3) is 0 Å². The Morgan fingerprint density at radius 2 is 1.71 bits per heavy atom. The van der Waals surface area contributed by atoms with Crippen LogP contribution in [0.5, 0.6) is 0 Å². The molecule has 2 aliphatic rings. The zero-order valence-corrected chi connectivity index (χ0v) is 17.0. The summed E-state index contributed by atoms with van der Waals surface area (Å²) in [5.74, 6) is 0.0968. The summed E-state index contributed by atoms with van der Waals surface area (Å²) < 4.78 is 27.0. The summed E-state index contributed by atoms with van der Waals surface area (Å²) in [6.45, 7) is 2.71. The first-order valence-corrected chi connectivity index (χ1v) is 11.4. The van der Waals surface area contributed by atoms with Crippen LogP contribution in [0.4, 0.5) is 0 Å². The Labute approximate surface area is 167 Å². The van der Waals surface area contributed by atoms with E-state index in [4.69, 9.17) is 5.26 Å². The van der Waals surface area contributed by atoms with E-state index in [9.17, 15) is 13.2 Å². The van der Waals surface area contributed by atoms with Gasteiger partial charge >= 0.3 is 0 Å². The minimum atomic E-state index is -3.54. The van der Waals surface area contributed by atoms with Gasteiger partial charge in [0.1, 0.15) is 0 Å². The van der Waals surface area contributed by atoms with Gasteiger partial charge in [-0.2, -0.15) is 9.57 Å². The number of rotatable bonds is 6. The molecule has 7 nitrogen and oxygen atoms in total. The quantitative estimate of drug-likeness (QED) is 0.779. The number of hydrogen-bond donors (Lipinski definition) is 1. The van der Waals surface area contributed by atoms with E-state index >= 15 is 0 Å². The second kappa shape index (κ2) is 9.50. The molecule has 2 fully saturated rings. The van der Waals surface area contributed by atoms with Crippen molar-refractivity contribution < 1.29 is 13.2 Å². The van der Waals surface area contributed by atoms with Crippen LogP contribution < -0.4 is 5.32 Å². The van der Waals surface area contributed by atoms with Crippen molar-refractivity contribution in [2.75, 3.05) is 32.7 Å². The van der Waals surface area contributed by atoms with Crippen molar-refractivity contribution in [3.05, 3.63) is 29.8 Å². The molecule has 0 spiro atoms. The van der Waals surface area contributed by atoms with E-state index in [1.807, 2.05) is 6.07 Å². The summed E-state index contributed by atoms with van der Waals surface area (Å²) in [5.41, 5.74) is 0.440. The van der Waals surface area contributed by atoms with Crippen molar-refractivity contribution in [2.24, 2.45) is 0 Å². The predicted molar refractivity (Wildman–Crippen MR) is 106 cm³/mol. The van der Waals surface area contributed by atoms with Crippen molar-refractivity contribution in [2.45, 2.75) is 49.5 Å². The molecule has 3 rings (SSSR count). The number of nitriles is 1. The molecule has 1 amide bonds. The molecule has 152 valence electrons. The van der Waals surface area contributed by atoms with Gasteiger partial charge in [-0.1, -0.05) is 19.3 Å². The molecule has 0 aromatic heterocycles. The molecule has 1 saturated heterocycles. The SMILES string of the molecule is N#Cc1ccc(S(=O)(=O)N2CCN(CCC(=O)NC3CCCCC3)CC2)cc1. The Hall–Kier alpha value is -1.95. The first-order valence-electron chi connectivity index (χ1n) is 10.0. The van der Waals surface area contributed by atoms with Gasteiger partial charge in [-0.25, -0.2) is 8.42 Å². The minimum Gasteiger partial charge on any atom is -0.353 e. The number of amides is 1. The number of nitrogens with one attached hydrogen (secondary N) is 1. The second-order valence-electron chi connectivity index (χ2n) is 7.53. The van der Waals surface area contributed by atoms with Gasteiger partial charge in [0.05, 0.1) is 16.5 Å². The molecular weight excluding hydrogens is 376 g/mol. The summed E-state index contributed by atoms with van der Waals surface area (Å²) in [4.78, 5) is 14.5. The minimum absolute atomic E-state index is 0.0968. The summed E-state index contributed by atoms with van der Waals surface area (Å²) in [6.07, 6.45) is 6.28. The smallest absolute Gasteiger partial charge is 0.243 e. The van der Waals surface area contributed by atoms with Crippen molar-refractivity contribution >= 4 is 15.9 Å². The molecule has 1 aromatic rings. The van der Waals surface area contributed by atoms with Crippen molar-refractivity contribution in [3.63, 3.8) is 0 Å². The molecule has 0 radical (unpaired) electrons. The summed E-state index contributed by atoms with van der Waals surface area (Å²) in [7, 11) is -3.54. The number of piperazine rings is 1. The summed E-state index contributed by atoms with van der Waals surface area (Å²) in [6, 6.07) is 8.33. The number of nitrogens with zero attached hydrogens (tertiary/aromatic N) is 3. The van der Waals surface area contributed by atoms with Crippen LogP contribution in [0.1, 0.15) is 44.1 Å². The fraction of sp³-hybridized carbons (Fsp3) is 0.600. The van der Waals surface area contributed by atoms with Crippen LogP contribution in [0.2, 0.25) is 0 Å². The molecule has 0 unspecified atom stereocenters. The van der Waals surface area contributed by atoms with E-state index in [2.05, 4.69) is 10.2 Å². The van der Waals surface area contributed by atoms with Gasteiger partial charge in [0, 0.05) is 45.2 Å². The van der Waals surface area contributed by atoms with Crippen LogP contribution in [0.3, 0.4) is 0 Å².